The summed E-state index contributed by atoms with van der Waals surface area (Å²) < 4.78 is 26.9. The summed E-state index contributed by atoms with van der Waals surface area (Å²) in [6.45, 7) is 9.82. The van der Waals surface area contributed by atoms with E-state index in [1.165, 1.54) is 12.1 Å². The molecule has 0 spiro atoms. The normalized spacial score (nSPS) is 14.1. The first-order chi connectivity index (χ1) is 9.93. The molecule has 2 N–H and O–H groups in total. The Bertz CT molecular complexity index is 613. The predicted octanol–water partition coefficient (Wildman–Crippen LogP) is 2.76. The van der Waals surface area contributed by atoms with Crippen LogP contribution >= 0.6 is 0 Å². The van der Waals surface area contributed by atoms with Crippen molar-refractivity contribution in [2.75, 3.05) is 0 Å². The third kappa shape index (κ3) is 5.10. The van der Waals surface area contributed by atoms with Crippen LogP contribution in [0, 0.1) is 5.92 Å². The minimum atomic E-state index is -3.84. The second kappa shape index (κ2) is 6.79. The van der Waals surface area contributed by atoms with Crippen molar-refractivity contribution in [3.05, 3.63) is 29.8 Å². The molecule has 0 radical (unpaired) electrons. The first-order valence-corrected chi connectivity index (χ1v) is 8.77. The molecule has 6 heteroatoms. The lowest BCUT2D eigenvalue weighted by atomic mass is 9.87. The van der Waals surface area contributed by atoms with Crippen molar-refractivity contribution in [3.63, 3.8) is 0 Å². The Morgan fingerprint density at radius 1 is 1.18 bits per heavy atom. The number of carboxylic acids is 1. The maximum Gasteiger partial charge on any atom is 0.321 e. The summed E-state index contributed by atoms with van der Waals surface area (Å²) in [5.74, 6) is -1.09. The third-order valence-corrected chi connectivity index (χ3v) is 4.82. The molecule has 5 nitrogen and oxygen atoms in total. The van der Waals surface area contributed by atoms with Crippen molar-refractivity contribution in [1.29, 1.82) is 0 Å². The zero-order valence-electron chi connectivity index (χ0n) is 13.8. The van der Waals surface area contributed by atoms with Crippen LogP contribution in [-0.2, 0) is 20.2 Å². The highest BCUT2D eigenvalue weighted by molar-refractivity contribution is 7.89. The van der Waals surface area contributed by atoms with Crippen LogP contribution in [0.15, 0.2) is 29.2 Å². The molecule has 0 amide bonds. The van der Waals surface area contributed by atoms with Crippen molar-refractivity contribution in [1.82, 2.24) is 4.72 Å². The van der Waals surface area contributed by atoms with E-state index in [0.717, 1.165) is 5.56 Å². The van der Waals surface area contributed by atoms with Gasteiger partial charge in [0.05, 0.1) is 4.90 Å². The molecule has 124 valence electrons. The van der Waals surface area contributed by atoms with Gasteiger partial charge in [0.15, 0.2) is 0 Å². The van der Waals surface area contributed by atoms with Crippen LogP contribution in [0.3, 0.4) is 0 Å². The summed E-state index contributed by atoms with van der Waals surface area (Å²) in [5, 5.41) is 9.16. The number of hydrogen-bond acceptors (Lipinski definition) is 3. The van der Waals surface area contributed by atoms with E-state index < -0.39 is 22.0 Å². The lowest BCUT2D eigenvalue weighted by Crippen LogP contribution is -2.41. The second-order valence-electron chi connectivity index (χ2n) is 6.92. The molecule has 0 aliphatic carbocycles. The Hall–Kier alpha value is -1.40. The molecule has 0 aromatic heterocycles. The lowest BCUT2D eigenvalue weighted by Gasteiger charge is -2.20. The molecule has 0 aliphatic heterocycles. The first-order valence-electron chi connectivity index (χ1n) is 7.29. The van der Waals surface area contributed by atoms with Crippen LogP contribution in [0.2, 0.25) is 0 Å². The molecule has 1 atom stereocenters. The van der Waals surface area contributed by atoms with Crippen LogP contribution in [0.4, 0.5) is 0 Å². The highest BCUT2D eigenvalue weighted by Crippen LogP contribution is 2.23. The Morgan fingerprint density at radius 2 is 1.68 bits per heavy atom. The first kappa shape index (κ1) is 18.6. The highest BCUT2D eigenvalue weighted by Gasteiger charge is 2.26. The Labute approximate surface area is 132 Å². The average molecular weight is 327 g/mol. The highest BCUT2D eigenvalue weighted by atomic mass is 32.2. The van der Waals surface area contributed by atoms with Crippen LogP contribution in [0.5, 0.6) is 0 Å². The fourth-order valence-corrected chi connectivity index (χ4v) is 3.26. The fraction of sp³-hybridized carbons (Fsp3) is 0.562. The maximum absolute atomic E-state index is 12.3. The molecule has 0 saturated heterocycles. The number of carboxylic acid groups (broad SMARTS) is 1. The van der Waals surface area contributed by atoms with Crippen molar-refractivity contribution in [2.24, 2.45) is 5.92 Å². The molecular weight excluding hydrogens is 302 g/mol. The van der Waals surface area contributed by atoms with E-state index in [2.05, 4.69) is 4.72 Å². The van der Waals surface area contributed by atoms with E-state index in [1.807, 2.05) is 34.6 Å². The number of aliphatic carboxylic acids is 1. The Balaban J connectivity index is 3.01. The van der Waals surface area contributed by atoms with E-state index in [1.54, 1.807) is 12.1 Å². The van der Waals surface area contributed by atoms with Gasteiger partial charge in [0.25, 0.3) is 0 Å². The summed E-state index contributed by atoms with van der Waals surface area (Å²) >= 11 is 0. The van der Waals surface area contributed by atoms with Gasteiger partial charge >= 0.3 is 5.97 Å². The number of nitrogens with one attached hydrogen (secondary N) is 1. The maximum atomic E-state index is 12.3. The summed E-state index contributed by atoms with van der Waals surface area (Å²) in [5.41, 5.74) is 0.945. The fourth-order valence-electron chi connectivity index (χ4n) is 2.06. The topological polar surface area (TPSA) is 83.5 Å². The molecule has 0 bridgehead atoms. The molecule has 0 saturated carbocycles. The van der Waals surface area contributed by atoms with E-state index in [9.17, 15) is 13.2 Å². The van der Waals surface area contributed by atoms with E-state index in [-0.39, 0.29) is 22.6 Å². The largest absolute Gasteiger partial charge is 0.480 e. The molecule has 22 heavy (non-hydrogen) atoms. The average Bonchev–Trinajstić information content (AvgIpc) is 2.36. The molecule has 1 rings (SSSR count). The summed E-state index contributed by atoms with van der Waals surface area (Å²) in [4.78, 5) is 11.3. The van der Waals surface area contributed by atoms with E-state index in [4.69, 9.17) is 5.11 Å². The Morgan fingerprint density at radius 3 is 2.05 bits per heavy atom. The SMILES string of the molecule is CC(C)C[C@@H](NS(=O)(=O)c1ccc(C(C)(C)C)cc1)C(=O)O. The summed E-state index contributed by atoms with van der Waals surface area (Å²) in [7, 11) is -3.84. The number of sulfonamides is 1. The third-order valence-electron chi connectivity index (χ3n) is 3.33. The van der Waals surface area contributed by atoms with Gasteiger partial charge in [-0.25, -0.2) is 8.42 Å². The number of hydrogen-bond donors (Lipinski definition) is 2. The monoisotopic (exact) mass is 327 g/mol. The quantitative estimate of drug-likeness (QED) is 0.841. The molecule has 0 aliphatic rings. The van der Waals surface area contributed by atoms with Gasteiger partial charge in [0.1, 0.15) is 6.04 Å². The molecular formula is C16H25NO4S. The van der Waals surface area contributed by atoms with E-state index in [0.29, 0.717) is 0 Å². The van der Waals surface area contributed by atoms with Gasteiger partial charge in [-0.15, -0.1) is 0 Å². The molecule has 0 heterocycles. The van der Waals surface area contributed by atoms with Crippen molar-refractivity contribution in [2.45, 2.75) is 57.4 Å². The number of rotatable bonds is 6. The summed E-state index contributed by atoms with van der Waals surface area (Å²) in [6, 6.07) is 5.42. The molecule has 1 aromatic carbocycles. The second-order valence-corrected chi connectivity index (χ2v) is 8.63. The van der Waals surface area contributed by atoms with Gasteiger partial charge in [-0.05, 0) is 35.4 Å². The van der Waals surface area contributed by atoms with Gasteiger partial charge in [-0.3, -0.25) is 4.79 Å². The Kier molecular flexibility index (Phi) is 5.76. The van der Waals surface area contributed by atoms with Crippen LogP contribution in [0.1, 0.15) is 46.6 Å². The van der Waals surface area contributed by atoms with Crippen LogP contribution < -0.4 is 4.72 Å². The van der Waals surface area contributed by atoms with Crippen molar-refractivity contribution < 1.29 is 18.3 Å². The number of carbonyl (C=O) groups is 1. The van der Waals surface area contributed by atoms with E-state index >= 15 is 0 Å². The standard InChI is InChI=1S/C16H25NO4S/c1-11(2)10-14(15(18)19)17-22(20,21)13-8-6-12(7-9-13)16(3,4)5/h6-9,11,14,17H,10H2,1-5H3,(H,18,19)/t14-/m1/s1. The zero-order valence-corrected chi connectivity index (χ0v) is 14.6. The molecule has 1 aromatic rings. The lowest BCUT2D eigenvalue weighted by molar-refractivity contribution is -0.139. The number of benzene rings is 1. The van der Waals surface area contributed by atoms with Gasteiger partial charge in [0, 0.05) is 0 Å². The van der Waals surface area contributed by atoms with Gasteiger partial charge in [0.2, 0.25) is 10.0 Å². The predicted molar refractivity (Wildman–Crippen MR) is 86.3 cm³/mol. The van der Waals surface area contributed by atoms with Gasteiger partial charge in [-0.2, -0.15) is 4.72 Å². The summed E-state index contributed by atoms with van der Waals surface area (Å²) in [6.07, 6.45) is 0.245. The van der Waals surface area contributed by atoms with Gasteiger partial charge in [-0.1, -0.05) is 46.8 Å². The van der Waals surface area contributed by atoms with Crippen molar-refractivity contribution >= 4 is 16.0 Å². The minimum absolute atomic E-state index is 0.0725. The van der Waals surface area contributed by atoms with Crippen LogP contribution in [0.25, 0.3) is 0 Å². The molecule has 0 fully saturated rings. The van der Waals surface area contributed by atoms with Crippen molar-refractivity contribution in [3.8, 4) is 0 Å². The zero-order chi connectivity index (χ0) is 17.1. The van der Waals surface area contributed by atoms with Crippen LogP contribution in [-0.4, -0.2) is 25.5 Å². The molecule has 0 unspecified atom stereocenters. The minimum Gasteiger partial charge on any atom is -0.480 e. The smallest absolute Gasteiger partial charge is 0.321 e. The van der Waals surface area contributed by atoms with Gasteiger partial charge < -0.3 is 5.11 Å².